The minimum absolute atomic E-state index is 0.137. The van der Waals surface area contributed by atoms with Gasteiger partial charge >= 0.3 is 5.97 Å². The molecule has 0 aliphatic rings. The number of rotatable bonds is 8. The Bertz CT molecular complexity index is 668. The highest BCUT2D eigenvalue weighted by atomic mass is 16.5. The first-order chi connectivity index (χ1) is 12.6. The number of carbonyl (C=O) groups is 4. The van der Waals surface area contributed by atoms with E-state index in [1.165, 1.54) is 11.9 Å². The first-order valence-electron chi connectivity index (χ1n) is 8.58. The molecule has 0 saturated carbocycles. The van der Waals surface area contributed by atoms with E-state index in [2.05, 4.69) is 10.6 Å². The second kappa shape index (κ2) is 10.3. The fraction of sp³-hybridized carbons (Fsp3) is 0.474. The number of esters is 1. The van der Waals surface area contributed by atoms with Gasteiger partial charge in [0.05, 0.1) is 13.0 Å². The van der Waals surface area contributed by atoms with Crippen LogP contribution in [-0.2, 0) is 30.3 Å². The molecule has 0 aromatic heterocycles. The predicted octanol–water partition coefficient (Wildman–Crippen LogP) is 0.262. The molecule has 0 saturated heterocycles. The van der Waals surface area contributed by atoms with Gasteiger partial charge in [-0.25, -0.2) is 0 Å². The van der Waals surface area contributed by atoms with Crippen LogP contribution < -0.4 is 10.6 Å². The summed E-state index contributed by atoms with van der Waals surface area (Å²) in [6.45, 7) is 4.54. The lowest BCUT2D eigenvalue weighted by Gasteiger charge is -2.23. The molecule has 0 aliphatic heterocycles. The molecule has 1 aromatic rings. The second-order valence-electron chi connectivity index (χ2n) is 7.15. The summed E-state index contributed by atoms with van der Waals surface area (Å²) in [6.07, 6.45) is 0.151. The highest BCUT2D eigenvalue weighted by Crippen LogP contribution is 2.00. The van der Waals surface area contributed by atoms with Crippen molar-refractivity contribution in [2.75, 3.05) is 26.7 Å². The predicted molar refractivity (Wildman–Crippen MR) is 99.6 cm³/mol. The van der Waals surface area contributed by atoms with Gasteiger partial charge in [-0.15, -0.1) is 0 Å². The Kier molecular flexibility index (Phi) is 8.44. The summed E-state index contributed by atoms with van der Waals surface area (Å²) >= 11 is 0. The molecule has 27 heavy (non-hydrogen) atoms. The van der Waals surface area contributed by atoms with Crippen molar-refractivity contribution in [3.63, 3.8) is 0 Å². The lowest BCUT2D eigenvalue weighted by Crippen LogP contribution is -2.47. The van der Waals surface area contributed by atoms with Crippen LogP contribution in [0, 0.1) is 0 Å². The maximum atomic E-state index is 11.9. The third-order valence-corrected chi connectivity index (χ3v) is 3.31. The van der Waals surface area contributed by atoms with Crippen molar-refractivity contribution in [1.29, 1.82) is 0 Å². The summed E-state index contributed by atoms with van der Waals surface area (Å²) in [5, 5.41) is 5.17. The van der Waals surface area contributed by atoms with Crippen LogP contribution in [0.25, 0.3) is 0 Å². The van der Waals surface area contributed by atoms with Gasteiger partial charge in [0, 0.05) is 12.6 Å². The zero-order chi connectivity index (χ0) is 20.4. The number of benzene rings is 1. The molecule has 1 aromatic carbocycles. The van der Waals surface area contributed by atoms with E-state index in [-0.39, 0.29) is 31.3 Å². The van der Waals surface area contributed by atoms with Crippen molar-refractivity contribution in [3.8, 4) is 0 Å². The molecule has 8 heteroatoms. The summed E-state index contributed by atoms with van der Waals surface area (Å²) in [5.74, 6) is -1.86. The van der Waals surface area contributed by atoms with Crippen LogP contribution in [0.3, 0.4) is 0 Å². The Morgan fingerprint density at radius 1 is 1.04 bits per heavy atom. The Morgan fingerprint density at radius 3 is 2.26 bits per heavy atom. The normalized spacial score (nSPS) is 10.7. The van der Waals surface area contributed by atoms with Crippen molar-refractivity contribution >= 4 is 23.7 Å². The summed E-state index contributed by atoms with van der Waals surface area (Å²) in [5.41, 5.74) is 0.430. The molecule has 0 unspecified atom stereocenters. The molecule has 0 spiro atoms. The van der Waals surface area contributed by atoms with E-state index >= 15 is 0 Å². The van der Waals surface area contributed by atoms with E-state index in [1.54, 1.807) is 0 Å². The van der Waals surface area contributed by atoms with Crippen LogP contribution >= 0.6 is 0 Å². The Hall–Kier alpha value is -2.90. The summed E-state index contributed by atoms with van der Waals surface area (Å²) in [7, 11) is 1.44. The molecule has 148 valence electrons. The minimum atomic E-state index is -0.725. The maximum Gasteiger partial charge on any atom is 0.325 e. The molecule has 0 aliphatic carbocycles. The average Bonchev–Trinajstić information content (AvgIpc) is 2.56. The highest BCUT2D eigenvalue weighted by molar-refractivity contribution is 5.87. The van der Waals surface area contributed by atoms with Gasteiger partial charge < -0.3 is 20.3 Å². The molecular formula is C19H27N3O5. The largest absolute Gasteiger partial charge is 0.454 e. The zero-order valence-electron chi connectivity index (χ0n) is 16.2. The zero-order valence-corrected chi connectivity index (χ0v) is 16.2. The van der Waals surface area contributed by atoms with Gasteiger partial charge in [0.1, 0.15) is 6.54 Å². The molecule has 2 N–H and O–H groups in total. The second-order valence-corrected chi connectivity index (χ2v) is 7.15. The van der Waals surface area contributed by atoms with Crippen molar-refractivity contribution in [2.24, 2.45) is 0 Å². The van der Waals surface area contributed by atoms with Crippen LogP contribution in [-0.4, -0.2) is 60.9 Å². The molecule has 0 heterocycles. The average molecular weight is 377 g/mol. The minimum Gasteiger partial charge on any atom is -0.454 e. The van der Waals surface area contributed by atoms with E-state index in [9.17, 15) is 19.2 Å². The van der Waals surface area contributed by atoms with E-state index in [1.807, 2.05) is 51.1 Å². The summed E-state index contributed by atoms with van der Waals surface area (Å²) < 4.78 is 4.83. The van der Waals surface area contributed by atoms with Crippen molar-refractivity contribution in [1.82, 2.24) is 15.5 Å². The molecule has 3 amide bonds. The summed E-state index contributed by atoms with van der Waals surface area (Å²) in [4.78, 5) is 48.3. The van der Waals surface area contributed by atoms with Crippen LogP contribution in [0.5, 0.6) is 0 Å². The van der Waals surface area contributed by atoms with E-state index in [0.717, 1.165) is 5.56 Å². The van der Waals surface area contributed by atoms with Gasteiger partial charge in [-0.2, -0.15) is 0 Å². The lowest BCUT2D eigenvalue weighted by molar-refractivity contribution is -0.151. The molecule has 0 bridgehead atoms. The van der Waals surface area contributed by atoms with Crippen LogP contribution in [0.15, 0.2) is 30.3 Å². The number of hydrogen-bond donors (Lipinski definition) is 2. The third-order valence-electron chi connectivity index (χ3n) is 3.31. The Morgan fingerprint density at radius 2 is 1.67 bits per heavy atom. The Balaban J connectivity index is 2.27. The first-order valence-corrected chi connectivity index (χ1v) is 8.58. The molecule has 1 rings (SSSR count). The van der Waals surface area contributed by atoms with Crippen molar-refractivity contribution < 1.29 is 23.9 Å². The standard InChI is InChI=1S/C19H27N3O5/c1-19(2,3)21-16(24)12-22(4)17(25)13-27-18(26)11-20-15(23)10-14-8-6-5-7-9-14/h5-9H,10-13H2,1-4H3,(H,20,23)(H,21,24). The summed E-state index contributed by atoms with van der Waals surface area (Å²) in [6, 6.07) is 9.10. The number of ether oxygens (including phenoxy) is 1. The van der Waals surface area contributed by atoms with Crippen LogP contribution in [0.2, 0.25) is 0 Å². The van der Waals surface area contributed by atoms with Gasteiger partial charge in [-0.05, 0) is 26.3 Å². The van der Waals surface area contributed by atoms with Crippen LogP contribution in [0.4, 0.5) is 0 Å². The molecule has 0 atom stereocenters. The van der Waals surface area contributed by atoms with Crippen molar-refractivity contribution in [2.45, 2.75) is 32.7 Å². The number of hydrogen-bond acceptors (Lipinski definition) is 5. The monoisotopic (exact) mass is 377 g/mol. The van der Waals surface area contributed by atoms with Gasteiger partial charge in [-0.3, -0.25) is 19.2 Å². The van der Waals surface area contributed by atoms with E-state index in [0.29, 0.717) is 0 Å². The van der Waals surface area contributed by atoms with E-state index < -0.39 is 24.0 Å². The quantitative estimate of drug-likeness (QED) is 0.633. The molecular weight excluding hydrogens is 350 g/mol. The lowest BCUT2D eigenvalue weighted by atomic mass is 10.1. The number of carbonyl (C=O) groups excluding carboxylic acids is 4. The molecule has 0 fully saturated rings. The maximum absolute atomic E-state index is 11.9. The topological polar surface area (TPSA) is 105 Å². The smallest absolute Gasteiger partial charge is 0.325 e. The van der Waals surface area contributed by atoms with Gasteiger partial charge in [0.15, 0.2) is 6.61 Å². The Labute approximate surface area is 159 Å². The van der Waals surface area contributed by atoms with E-state index in [4.69, 9.17) is 4.74 Å². The number of nitrogens with zero attached hydrogens (tertiary/aromatic N) is 1. The molecule has 0 radical (unpaired) electrons. The number of likely N-dealkylation sites (N-methyl/N-ethyl adjacent to an activating group) is 1. The van der Waals surface area contributed by atoms with Crippen LogP contribution in [0.1, 0.15) is 26.3 Å². The van der Waals surface area contributed by atoms with Gasteiger partial charge in [0.2, 0.25) is 11.8 Å². The SMILES string of the molecule is CN(CC(=O)NC(C)(C)C)C(=O)COC(=O)CNC(=O)Cc1ccccc1. The highest BCUT2D eigenvalue weighted by Gasteiger charge is 2.18. The van der Waals surface area contributed by atoms with Gasteiger partial charge in [0.25, 0.3) is 5.91 Å². The fourth-order valence-corrected chi connectivity index (χ4v) is 2.08. The number of amides is 3. The third kappa shape index (κ3) is 9.98. The fourth-order valence-electron chi connectivity index (χ4n) is 2.08. The number of nitrogens with one attached hydrogen (secondary N) is 2. The molecule has 8 nitrogen and oxygen atoms in total. The van der Waals surface area contributed by atoms with Crippen molar-refractivity contribution in [3.05, 3.63) is 35.9 Å². The van der Waals surface area contributed by atoms with Gasteiger partial charge in [-0.1, -0.05) is 30.3 Å². The first kappa shape index (κ1) is 22.1.